The van der Waals surface area contributed by atoms with Gasteiger partial charge in [-0.15, -0.1) is 0 Å². The number of nitrogens with one attached hydrogen (secondary N) is 3. The van der Waals surface area contributed by atoms with E-state index in [1.54, 1.807) is 24.3 Å². The number of thiocarbonyl (C=S) groups is 1. The highest BCUT2D eigenvalue weighted by molar-refractivity contribution is 7.80. The van der Waals surface area contributed by atoms with Crippen LogP contribution in [0.1, 0.15) is 11.3 Å². The van der Waals surface area contributed by atoms with Gasteiger partial charge in [-0.2, -0.15) is 0 Å². The number of amides is 1. The Morgan fingerprint density at radius 1 is 1.23 bits per heavy atom. The van der Waals surface area contributed by atoms with Crippen molar-refractivity contribution >= 4 is 29.3 Å². The Bertz CT molecular complexity index is 654. The molecule has 0 atom stereocenters. The van der Waals surface area contributed by atoms with Gasteiger partial charge in [0.1, 0.15) is 11.6 Å². The quantitative estimate of drug-likeness (QED) is 0.458. The van der Waals surface area contributed by atoms with E-state index in [-0.39, 0.29) is 16.8 Å². The molecule has 1 aromatic heterocycles. The molecule has 0 radical (unpaired) electrons. The van der Waals surface area contributed by atoms with Crippen molar-refractivity contribution in [3.8, 4) is 0 Å². The van der Waals surface area contributed by atoms with Gasteiger partial charge < -0.3 is 9.73 Å². The van der Waals surface area contributed by atoms with Crippen molar-refractivity contribution in [2.24, 2.45) is 0 Å². The van der Waals surface area contributed by atoms with Crippen LogP contribution in [0.25, 0.3) is 6.08 Å². The Hall–Kier alpha value is -2.67. The zero-order valence-corrected chi connectivity index (χ0v) is 12.3. The van der Waals surface area contributed by atoms with Crippen LogP contribution < -0.4 is 16.2 Å². The first-order chi connectivity index (χ1) is 10.6. The maximum Gasteiger partial charge on any atom is 0.262 e. The van der Waals surface area contributed by atoms with E-state index in [4.69, 9.17) is 16.6 Å². The Balaban J connectivity index is 1.68. The third-order valence-corrected chi connectivity index (χ3v) is 2.85. The highest BCUT2D eigenvalue weighted by atomic mass is 32.1. The molecule has 114 valence electrons. The molecule has 0 aliphatic carbocycles. The van der Waals surface area contributed by atoms with E-state index >= 15 is 0 Å². The summed E-state index contributed by atoms with van der Waals surface area (Å²) in [5, 5.41) is 3.14. The van der Waals surface area contributed by atoms with E-state index in [1.165, 1.54) is 30.5 Å². The van der Waals surface area contributed by atoms with Gasteiger partial charge in [0.2, 0.25) is 0 Å². The number of carbonyl (C=O) groups excluding carboxylic acids is 1. The summed E-state index contributed by atoms with van der Waals surface area (Å²) in [6.45, 7) is 0.421. The van der Waals surface area contributed by atoms with Crippen LogP contribution in [-0.4, -0.2) is 11.0 Å². The second kappa shape index (κ2) is 7.94. The molecule has 0 spiro atoms. The average Bonchev–Trinajstić information content (AvgIpc) is 3.04. The molecule has 0 bridgehead atoms. The largest absolute Gasteiger partial charge is 0.465 e. The SMILES string of the molecule is O=C(/C=C/c1ccco1)NNC(=S)NCc1ccc(F)cc1. The van der Waals surface area contributed by atoms with E-state index in [2.05, 4.69) is 16.2 Å². The van der Waals surface area contributed by atoms with Crippen LogP contribution in [0, 0.1) is 5.82 Å². The monoisotopic (exact) mass is 319 g/mol. The van der Waals surface area contributed by atoms with E-state index in [1.807, 2.05) is 0 Å². The van der Waals surface area contributed by atoms with Crippen LogP contribution in [0.5, 0.6) is 0 Å². The molecule has 5 nitrogen and oxygen atoms in total. The van der Waals surface area contributed by atoms with E-state index in [0.29, 0.717) is 12.3 Å². The summed E-state index contributed by atoms with van der Waals surface area (Å²) in [7, 11) is 0. The van der Waals surface area contributed by atoms with Crippen molar-refractivity contribution in [3.05, 3.63) is 65.9 Å². The van der Waals surface area contributed by atoms with Gasteiger partial charge in [0.25, 0.3) is 5.91 Å². The molecule has 2 aromatic rings. The van der Waals surface area contributed by atoms with Crippen molar-refractivity contribution < 1.29 is 13.6 Å². The van der Waals surface area contributed by atoms with E-state index < -0.39 is 0 Å². The van der Waals surface area contributed by atoms with Crippen molar-refractivity contribution in [3.63, 3.8) is 0 Å². The maximum atomic E-state index is 12.8. The summed E-state index contributed by atoms with van der Waals surface area (Å²) < 4.78 is 17.8. The van der Waals surface area contributed by atoms with Crippen LogP contribution in [0.15, 0.2) is 53.2 Å². The molecule has 22 heavy (non-hydrogen) atoms. The summed E-state index contributed by atoms with van der Waals surface area (Å²) in [5.41, 5.74) is 5.84. The molecule has 1 amide bonds. The molecule has 0 fully saturated rings. The second-order valence-electron chi connectivity index (χ2n) is 4.27. The standard InChI is InChI=1S/C15H14FN3O2S/c16-12-5-3-11(4-6-12)10-17-15(22)19-18-14(20)8-7-13-2-1-9-21-13/h1-9H,10H2,(H,18,20)(H2,17,19,22)/b8-7+. The zero-order chi connectivity index (χ0) is 15.8. The molecule has 1 heterocycles. The lowest BCUT2D eigenvalue weighted by atomic mass is 10.2. The third kappa shape index (κ3) is 5.37. The molecular formula is C15H14FN3O2S. The van der Waals surface area contributed by atoms with Gasteiger partial charge in [0.15, 0.2) is 5.11 Å². The van der Waals surface area contributed by atoms with Gasteiger partial charge in [0, 0.05) is 12.6 Å². The van der Waals surface area contributed by atoms with Crippen LogP contribution in [0.4, 0.5) is 4.39 Å². The fourth-order valence-electron chi connectivity index (χ4n) is 1.53. The summed E-state index contributed by atoms with van der Waals surface area (Å²) in [6, 6.07) is 9.49. The lowest BCUT2D eigenvalue weighted by molar-refractivity contribution is -0.116. The molecule has 0 aliphatic rings. The summed E-state index contributed by atoms with van der Waals surface area (Å²) in [5.74, 6) is -0.0884. The highest BCUT2D eigenvalue weighted by Gasteiger charge is 1.99. The first kappa shape index (κ1) is 15.7. The van der Waals surface area contributed by atoms with Crippen molar-refractivity contribution in [2.75, 3.05) is 0 Å². The number of furan rings is 1. The molecule has 0 aliphatic heterocycles. The van der Waals surface area contributed by atoms with Gasteiger partial charge in [-0.3, -0.25) is 15.6 Å². The van der Waals surface area contributed by atoms with Crippen molar-refractivity contribution in [1.29, 1.82) is 0 Å². The number of carbonyl (C=O) groups is 1. The normalized spacial score (nSPS) is 10.4. The lowest BCUT2D eigenvalue weighted by Crippen LogP contribution is -2.45. The molecule has 7 heteroatoms. The predicted molar refractivity (Wildman–Crippen MR) is 84.9 cm³/mol. The second-order valence-corrected chi connectivity index (χ2v) is 4.68. The van der Waals surface area contributed by atoms with Crippen LogP contribution in [-0.2, 0) is 11.3 Å². The molecule has 3 N–H and O–H groups in total. The predicted octanol–water partition coefficient (Wildman–Crippen LogP) is 2.13. The Labute approximate surface area is 132 Å². The number of rotatable bonds is 4. The first-order valence-corrected chi connectivity index (χ1v) is 6.84. The van der Waals surface area contributed by atoms with Crippen LogP contribution >= 0.6 is 12.2 Å². The van der Waals surface area contributed by atoms with Crippen molar-refractivity contribution in [2.45, 2.75) is 6.54 Å². The lowest BCUT2D eigenvalue weighted by Gasteiger charge is -2.10. The fraction of sp³-hybridized carbons (Fsp3) is 0.0667. The molecule has 0 unspecified atom stereocenters. The van der Waals surface area contributed by atoms with Gasteiger partial charge >= 0.3 is 0 Å². The average molecular weight is 319 g/mol. The van der Waals surface area contributed by atoms with Gasteiger partial charge in [0.05, 0.1) is 6.26 Å². The van der Waals surface area contributed by atoms with Gasteiger partial charge in [-0.25, -0.2) is 4.39 Å². The molecule has 2 rings (SSSR count). The third-order valence-electron chi connectivity index (χ3n) is 2.61. The number of halogens is 1. The molecular weight excluding hydrogens is 305 g/mol. The Kier molecular flexibility index (Phi) is 5.67. The number of benzene rings is 1. The Morgan fingerprint density at radius 3 is 2.68 bits per heavy atom. The maximum absolute atomic E-state index is 12.8. The van der Waals surface area contributed by atoms with Gasteiger partial charge in [-0.05, 0) is 48.1 Å². The zero-order valence-electron chi connectivity index (χ0n) is 11.5. The van der Waals surface area contributed by atoms with E-state index in [9.17, 15) is 9.18 Å². The summed E-state index contributed by atoms with van der Waals surface area (Å²) in [6.07, 6.45) is 4.37. The minimum Gasteiger partial charge on any atom is -0.465 e. The fourth-order valence-corrected chi connectivity index (χ4v) is 1.66. The van der Waals surface area contributed by atoms with Crippen LogP contribution in [0.3, 0.4) is 0 Å². The van der Waals surface area contributed by atoms with Gasteiger partial charge in [-0.1, -0.05) is 12.1 Å². The van der Waals surface area contributed by atoms with E-state index in [0.717, 1.165) is 5.56 Å². The summed E-state index contributed by atoms with van der Waals surface area (Å²) >= 11 is 5.01. The molecule has 1 aromatic carbocycles. The molecule has 0 saturated heterocycles. The topological polar surface area (TPSA) is 66.3 Å². The first-order valence-electron chi connectivity index (χ1n) is 6.43. The Morgan fingerprint density at radius 2 is 2.00 bits per heavy atom. The minimum atomic E-state index is -0.373. The summed E-state index contributed by atoms with van der Waals surface area (Å²) in [4.78, 5) is 11.5. The number of hydrazine groups is 1. The molecule has 0 saturated carbocycles. The number of hydrogen-bond acceptors (Lipinski definition) is 3. The highest BCUT2D eigenvalue weighted by Crippen LogP contribution is 2.02. The number of hydrogen-bond donors (Lipinski definition) is 3. The van der Waals surface area contributed by atoms with Crippen LogP contribution in [0.2, 0.25) is 0 Å². The smallest absolute Gasteiger partial charge is 0.262 e. The minimum absolute atomic E-state index is 0.254. The van der Waals surface area contributed by atoms with Crippen molar-refractivity contribution in [1.82, 2.24) is 16.2 Å².